The Hall–Kier alpha value is -1.00. The molecule has 2 rings (SSSR count). The smallest absolute Gasteiger partial charge is 0.240 e. The summed E-state index contributed by atoms with van der Waals surface area (Å²) < 4.78 is 0. The van der Waals surface area contributed by atoms with Gasteiger partial charge in [0.2, 0.25) is 5.54 Å². The lowest BCUT2D eigenvalue weighted by Crippen LogP contribution is -2.10. The van der Waals surface area contributed by atoms with Gasteiger partial charge in [0.15, 0.2) is 0 Å². The summed E-state index contributed by atoms with van der Waals surface area (Å²) in [6, 6.07) is 7.86. The molecule has 0 heterocycles. The van der Waals surface area contributed by atoms with Crippen LogP contribution in [-0.4, -0.2) is 5.54 Å². The first-order valence-corrected chi connectivity index (χ1v) is 5.71. The summed E-state index contributed by atoms with van der Waals surface area (Å²) >= 11 is 5.83. The topological polar surface area (TPSA) is 4.36 Å². The molecule has 1 aromatic carbocycles. The Morgan fingerprint density at radius 3 is 2.60 bits per heavy atom. The number of benzene rings is 1. The van der Waals surface area contributed by atoms with Crippen molar-refractivity contribution in [3.05, 3.63) is 46.3 Å². The van der Waals surface area contributed by atoms with Gasteiger partial charge < -0.3 is 4.85 Å². The predicted octanol–water partition coefficient (Wildman–Crippen LogP) is 3.97. The zero-order chi connectivity index (χ0) is 10.9. The van der Waals surface area contributed by atoms with Crippen LogP contribution in [0.15, 0.2) is 24.3 Å². The van der Waals surface area contributed by atoms with E-state index in [-0.39, 0.29) is 5.54 Å². The van der Waals surface area contributed by atoms with Gasteiger partial charge in [0.25, 0.3) is 0 Å². The maximum absolute atomic E-state index is 7.29. The molecule has 1 aliphatic rings. The van der Waals surface area contributed by atoms with Crippen LogP contribution < -0.4 is 0 Å². The van der Waals surface area contributed by atoms with E-state index < -0.39 is 0 Å². The Kier molecular flexibility index (Phi) is 2.71. The number of halogens is 1. The van der Waals surface area contributed by atoms with E-state index in [4.69, 9.17) is 18.2 Å². The molecule has 0 saturated heterocycles. The fraction of sp³-hybridized carbons (Fsp3) is 0.462. The van der Waals surface area contributed by atoms with E-state index >= 15 is 0 Å². The minimum Gasteiger partial charge on any atom is -0.310 e. The van der Waals surface area contributed by atoms with Crippen molar-refractivity contribution in [1.82, 2.24) is 0 Å². The van der Waals surface area contributed by atoms with Gasteiger partial charge in [-0.25, -0.2) is 6.57 Å². The molecule has 1 nitrogen and oxygen atoms in total. The predicted molar refractivity (Wildman–Crippen MR) is 62.9 cm³/mol. The SMILES string of the molecule is [C-]#[N+]C1(Cc2ccc(Cl)cc2)CC1CC. The van der Waals surface area contributed by atoms with Crippen molar-refractivity contribution in [3.63, 3.8) is 0 Å². The van der Waals surface area contributed by atoms with Crippen LogP contribution in [0.3, 0.4) is 0 Å². The molecule has 1 aliphatic carbocycles. The van der Waals surface area contributed by atoms with Crippen LogP contribution in [-0.2, 0) is 6.42 Å². The number of hydrogen-bond donors (Lipinski definition) is 0. The summed E-state index contributed by atoms with van der Waals surface area (Å²) in [7, 11) is 0. The van der Waals surface area contributed by atoms with Crippen LogP contribution in [0.1, 0.15) is 25.3 Å². The van der Waals surface area contributed by atoms with Crippen molar-refractivity contribution in [2.24, 2.45) is 5.92 Å². The summed E-state index contributed by atoms with van der Waals surface area (Å²) in [5.74, 6) is 0.602. The molecule has 1 aromatic rings. The molecule has 15 heavy (non-hydrogen) atoms. The van der Waals surface area contributed by atoms with Gasteiger partial charge in [-0.05, 0) is 24.1 Å². The average molecular weight is 220 g/mol. The maximum Gasteiger partial charge on any atom is 0.240 e. The first-order chi connectivity index (χ1) is 7.20. The minimum atomic E-state index is -0.0947. The monoisotopic (exact) mass is 219 g/mol. The molecule has 2 unspecified atom stereocenters. The third kappa shape index (κ3) is 2.01. The highest BCUT2D eigenvalue weighted by molar-refractivity contribution is 6.30. The van der Waals surface area contributed by atoms with Gasteiger partial charge >= 0.3 is 0 Å². The van der Waals surface area contributed by atoms with E-state index in [1.165, 1.54) is 5.56 Å². The number of nitrogens with zero attached hydrogens (tertiary/aromatic N) is 1. The summed E-state index contributed by atoms with van der Waals surface area (Å²) in [6.07, 6.45) is 3.07. The van der Waals surface area contributed by atoms with Crippen molar-refractivity contribution in [3.8, 4) is 0 Å². The highest BCUT2D eigenvalue weighted by atomic mass is 35.5. The van der Waals surface area contributed by atoms with Gasteiger partial charge in [0.05, 0.1) is 6.42 Å². The van der Waals surface area contributed by atoms with Crippen LogP contribution in [0.25, 0.3) is 4.85 Å². The lowest BCUT2D eigenvalue weighted by atomic mass is 10.0. The molecule has 0 N–H and O–H groups in total. The second kappa shape index (κ2) is 3.87. The Balaban J connectivity index is 2.10. The minimum absolute atomic E-state index is 0.0947. The largest absolute Gasteiger partial charge is 0.310 e. The molecule has 1 fully saturated rings. The molecule has 0 amide bonds. The fourth-order valence-corrected chi connectivity index (χ4v) is 2.37. The van der Waals surface area contributed by atoms with E-state index in [0.717, 1.165) is 24.3 Å². The van der Waals surface area contributed by atoms with Crippen LogP contribution in [0, 0.1) is 12.5 Å². The standard InChI is InChI=1S/C13H14ClN/c1-3-11-9-13(11,15-2)8-10-4-6-12(14)7-5-10/h4-7,11H,3,8-9H2,1H3. The van der Waals surface area contributed by atoms with E-state index in [0.29, 0.717) is 5.92 Å². The van der Waals surface area contributed by atoms with Crippen molar-refractivity contribution >= 4 is 11.6 Å². The lowest BCUT2D eigenvalue weighted by Gasteiger charge is -2.04. The van der Waals surface area contributed by atoms with Crippen molar-refractivity contribution in [2.75, 3.05) is 0 Å². The molecule has 2 heteroatoms. The second-order valence-electron chi connectivity index (χ2n) is 4.33. The molecule has 0 aliphatic heterocycles. The highest BCUT2D eigenvalue weighted by Crippen LogP contribution is 2.51. The fourth-order valence-electron chi connectivity index (χ4n) is 2.24. The molecule has 78 valence electrons. The third-order valence-corrected chi connectivity index (χ3v) is 3.59. The molecular weight excluding hydrogens is 206 g/mol. The van der Waals surface area contributed by atoms with Crippen LogP contribution in [0.4, 0.5) is 0 Å². The molecular formula is C13H14ClN. The van der Waals surface area contributed by atoms with Crippen molar-refractivity contribution in [1.29, 1.82) is 0 Å². The Morgan fingerprint density at radius 1 is 1.47 bits per heavy atom. The van der Waals surface area contributed by atoms with Gasteiger partial charge in [-0.1, -0.05) is 30.7 Å². The lowest BCUT2D eigenvalue weighted by molar-refractivity contribution is 0.652. The zero-order valence-electron chi connectivity index (χ0n) is 8.83. The average Bonchev–Trinajstić information content (AvgIpc) is 2.96. The van der Waals surface area contributed by atoms with E-state index in [2.05, 4.69) is 11.8 Å². The van der Waals surface area contributed by atoms with E-state index in [1.807, 2.05) is 24.3 Å². The molecule has 0 aromatic heterocycles. The number of rotatable bonds is 3. The van der Waals surface area contributed by atoms with E-state index in [9.17, 15) is 0 Å². The Morgan fingerprint density at radius 2 is 2.13 bits per heavy atom. The Bertz CT molecular complexity index is 390. The third-order valence-electron chi connectivity index (χ3n) is 3.34. The van der Waals surface area contributed by atoms with Gasteiger partial charge in [-0.15, -0.1) is 0 Å². The second-order valence-corrected chi connectivity index (χ2v) is 4.76. The van der Waals surface area contributed by atoms with Crippen molar-refractivity contribution < 1.29 is 0 Å². The molecule has 0 bridgehead atoms. The summed E-state index contributed by atoms with van der Waals surface area (Å²) in [4.78, 5) is 3.82. The van der Waals surface area contributed by atoms with Gasteiger partial charge in [-0.3, -0.25) is 0 Å². The van der Waals surface area contributed by atoms with Gasteiger partial charge in [0.1, 0.15) is 0 Å². The van der Waals surface area contributed by atoms with Gasteiger partial charge in [0, 0.05) is 17.4 Å². The van der Waals surface area contributed by atoms with Crippen LogP contribution in [0.2, 0.25) is 5.02 Å². The normalized spacial score (nSPS) is 28.5. The highest BCUT2D eigenvalue weighted by Gasteiger charge is 2.60. The molecule has 0 spiro atoms. The van der Waals surface area contributed by atoms with Crippen LogP contribution >= 0.6 is 11.6 Å². The first-order valence-electron chi connectivity index (χ1n) is 5.33. The van der Waals surface area contributed by atoms with E-state index in [1.54, 1.807) is 0 Å². The zero-order valence-corrected chi connectivity index (χ0v) is 9.59. The Labute approximate surface area is 95.9 Å². The summed E-state index contributed by atoms with van der Waals surface area (Å²) in [5.41, 5.74) is 1.13. The molecule has 1 saturated carbocycles. The quantitative estimate of drug-likeness (QED) is 0.678. The maximum atomic E-state index is 7.29. The van der Waals surface area contributed by atoms with Crippen molar-refractivity contribution in [2.45, 2.75) is 31.7 Å². The molecule has 0 radical (unpaired) electrons. The number of hydrogen-bond acceptors (Lipinski definition) is 0. The molecule has 2 atom stereocenters. The first kappa shape index (κ1) is 10.5. The van der Waals surface area contributed by atoms with Gasteiger partial charge in [-0.2, -0.15) is 0 Å². The van der Waals surface area contributed by atoms with Crippen LogP contribution in [0.5, 0.6) is 0 Å². The summed E-state index contributed by atoms with van der Waals surface area (Å²) in [5, 5.41) is 0.762. The summed E-state index contributed by atoms with van der Waals surface area (Å²) in [6.45, 7) is 9.46.